The molecule has 0 amide bonds. The number of rotatable bonds is 2. The maximum atomic E-state index is 5.62. The Morgan fingerprint density at radius 1 is 1.41 bits per heavy atom. The third kappa shape index (κ3) is 1.66. The van der Waals surface area contributed by atoms with Gasteiger partial charge >= 0.3 is 0 Å². The zero-order valence-electron chi connectivity index (χ0n) is 9.29. The van der Waals surface area contributed by atoms with E-state index >= 15 is 0 Å². The van der Waals surface area contributed by atoms with Gasteiger partial charge in [-0.1, -0.05) is 6.92 Å². The molecule has 3 heterocycles. The van der Waals surface area contributed by atoms with Gasteiger partial charge in [-0.05, 0) is 12.5 Å². The molecular weight excluding hydrogens is 234 g/mol. The lowest BCUT2D eigenvalue weighted by molar-refractivity contribution is 0.856. The maximum absolute atomic E-state index is 5.62. The van der Waals surface area contributed by atoms with Crippen molar-refractivity contribution in [3.8, 4) is 5.82 Å². The van der Waals surface area contributed by atoms with Crippen LogP contribution in [0.25, 0.3) is 16.0 Å². The molecule has 0 aliphatic rings. The molecule has 0 bridgehead atoms. The summed E-state index contributed by atoms with van der Waals surface area (Å²) in [6.07, 6.45) is 4.37. The number of thiophene rings is 1. The van der Waals surface area contributed by atoms with E-state index < -0.39 is 0 Å². The first kappa shape index (κ1) is 10.2. The molecule has 0 aliphatic carbocycles. The largest absolute Gasteiger partial charge is 0.382 e. The predicted molar refractivity (Wildman–Crippen MR) is 68.3 cm³/mol. The molecule has 17 heavy (non-hydrogen) atoms. The van der Waals surface area contributed by atoms with Crippen LogP contribution in [-0.2, 0) is 6.42 Å². The minimum absolute atomic E-state index is 0.489. The molecule has 3 aromatic heterocycles. The summed E-state index contributed by atoms with van der Waals surface area (Å²) in [6.45, 7) is 2.13. The van der Waals surface area contributed by atoms with E-state index in [-0.39, 0.29) is 0 Å². The molecule has 6 heteroatoms. The van der Waals surface area contributed by atoms with Crippen LogP contribution in [0.3, 0.4) is 0 Å². The van der Waals surface area contributed by atoms with Crippen LogP contribution in [0.5, 0.6) is 0 Å². The number of nitrogens with zero attached hydrogens (tertiary/aromatic N) is 4. The SMILES string of the molecule is CCc1cc2c(-n3ccc(N)n3)ncnc2s1. The number of fused-ring (bicyclic) bond motifs is 1. The zero-order valence-corrected chi connectivity index (χ0v) is 10.1. The van der Waals surface area contributed by atoms with Gasteiger partial charge in [0, 0.05) is 17.1 Å². The highest BCUT2D eigenvalue weighted by atomic mass is 32.1. The van der Waals surface area contributed by atoms with Gasteiger partial charge in [0.2, 0.25) is 0 Å². The van der Waals surface area contributed by atoms with Crippen LogP contribution in [0.4, 0.5) is 5.82 Å². The Kier molecular flexibility index (Phi) is 2.29. The van der Waals surface area contributed by atoms with Gasteiger partial charge in [-0.3, -0.25) is 0 Å². The van der Waals surface area contributed by atoms with E-state index in [4.69, 9.17) is 5.73 Å². The Hall–Kier alpha value is -1.95. The molecule has 2 N–H and O–H groups in total. The summed E-state index contributed by atoms with van der Waals surface area (Å²) in [7, 11) is 0. The second-order valence-electron chi connectivity index (χ2n) is 3.67. The van der Waals surface area contributed by atoms with Crippen molar-refractivity contribution in [3.05, 3.63) is 29.5 Å². The number of anilines is 1. The summed E-state index contributed by atoms with van der Waals surface area (Å²) < 4.78 is 1.69. The van der Waals surface area contributed by atoms with Gasteiger partial charge in [0.15, 0.2) is 5.82 Å². The average molecular weight is 245 g/mol. The van der Waals surface area contributed by atoms with Gasteiger partial charge in [-0.15, -0.1) is 16.4 Å². The van der Waals surface area contributed by atoms with Crippen molar-refractivity contribution in [2.45, 2.75) is 13.3 Å². The van der Waals surface area contributed by atoms with Gasteiger partial charge in [-0.2, -0.15) is 0 Å². The molecule has 0 saturated carbocycles. The molecule has 0 unspecified atom stereocenters. The Morgan fingerprint density at radius 3 is 3.00 bits per heavy atom. The first-order valence-corrected chi connectivity index (χ1v) is 6.14. The summed E-state index contributed by atoms with van der Waals surface area (Å²) in [4.78, 5) is 10.8. The second kappa shape index (κ2) is 3.81. The Balaban J connectivity index is 2.25. The fourth-order valence-corrected chi connectivity index (χ4v) is 2.64. The summed E-state index contributed by atoms with van der Waals surface area (Å²) in [5, 5.41) is 5.20. The third-order valence-electron chi connectivity index (χ3n) is 2.53. The smallest absolute Gasteiger partial charge is 0.165 e. The number of nitrogens with two attached hydrogens (primary N) is 1. The standard InChI is InChI=1S/C11H11N5S/c1-2-7-5-8-10(13-6-14-11(8)17-7)16-4-3-9(12)15-16/h3-6H,2H2,1H3,(H2,12,15). The van der Waals surface area contributed by atoms with Gasteiger partial charge in [0.1, 0.15) is 17.0 Å². The fraction of sp³-hybridized carbons (Fsp3) is 0.182. The van der Waals surface area contributed by atoms with E-state index in [1.54, 1.807) is 34.6 Å². The zero-order chi connectivity index (χ0) is 11.8. The molecular formula is C11H11N5S. The highest BCUT2D eigenvalue weighted by molar-refractivity contribution is 7.18. The molecule has 5 nitrogen and oxygen atoms in total. The summed E-state index contributed by atoms with van der Waals surface area (Å²) in [6, 6.07) is 3.87. The molecule has 0 spiro atoms. The van der Waals surface area contributed by atoms with E-state index in [0.717, 1.165) is 22.5 Å². The lowest BCUT2D eigenvalue weighted by Gasteiger charge is -2.00. The van der Waals surface area contributed by atoms with Crippen LogP contribution < -0.4 is 5.73 Å². The van der Waals surface area contributed by atoms with Crippen LogP contribution in [0.1, 0.15) is 11.8 Å². The van der Waals surface area contributed by atoms with Gasteiger partial charge in [-0.25, -0.2) is 14.6 Å². The summed E-state index contributed by atoms with van der Waals surface area (Å²) in [5.74, 6) is 1.27. The van der Waals surface area contributed by atoms with Gasteiger partial charge < -0.3 is 5.73 Å². The molecule has 86 valence electrons. The van der Waals surface area contributed by atoms with Crippen molar-refractivity contribution in [2.24, 2.45) is 0 Å². The normalized spacial score (nSPS) is 11.1. The van der Waals surface area contributed by atoms with Crippen molar-refractivity contribution in [2.75, 3.05) is 5.73 Å². The Morgan fingerprint density at radius 2 is 2.29 bits per heavy atom. The highest BCUT2D eigenvalue weighted by Gasteiger charge is 2.10. The van der Waals surface area contributed by atoms with Gasteiger partial charge in [0.05, 0.1) is 5.39 Å². The number of aromatic nitrogens is 4. The average Bonchev–Trinajstić information content (AvgIpc) is 2.93. The van der Waals surface area contributed by atoms with Crippen LogP contribution in [0.2, 0.25) is 0 Å². The molecule has 0 aromatic carbocycles. The molecule has 0 saturated heterocycles. The van der Waals surface area contributed by atoms with Crippen molar-refractivity contribution >= 4 is 27.4 Å². The Labute approximate surface area is 102 Å². The third-order valence-corrected chi connectivity index (χ3v) is 3.72. The van der Waals surface area contributed by atoms with Crippen molar-refractivity contribution in [3.63, 3.8) is 0 Å². The quantitative estimate of drug-likeness (QED) is 0.750. The molecule has 0 aliphatic heterocycles. The summed E-state index contributed by atoms with van der Waals surface area (Å²) in [5.41, 5.74) is 5.62. The number of nitrogen functional groups attached to an aromatic ring is 1. The summed E-state index contributed by atoms with van der Waals surface area (Å²) >= 11 is 1.69. The first-order chi connectivity index (χ1) is 8.28. The lowest BCUT2D eigenvalue weighted by atomic mass is 10.3. The minimum Gasteiger partial charge on any atom is -0.382 e. The first-order valence-electron chi connectivity index (χ1n) is 5.33. The monoisotopic (exact) mass is 245 g/mol. The van der Waals surface area contributed by atoms with E-state index in [0.29, 0.717) is 5.82 Å². The van der Waals surface area contributed by atoms with E-state index in [9.17, 15) is 0 Å². The van der Waals surface area contributed by atoms with E-state index in [1.165, 1.54) is 4.88 Å². The maximum Gasteiger partial charge on any atom is 0.165 e. The Bertz CT molecular complexity index is 669. The van der Waals surface area contributed by atoms with Crippen LogP contribution in [-0.4, -0.2) is 19.7 Å². The topological polar surface area (TPSA) is 69.6 Å². The van der Waals surface area contributed by atoms with Crippen LogP contribution in [0, 0.1) is 0 Å². The fourth-order valence-electron chi connectivity index (χ4n) is 1.71. The number of hydrogen-bond donors (Lipinski definition) is 1. The molecule has 0 radical (unpaired) electrons. The minimum atomic E-state index is 0.489. The lowest BCUT2D eigenvalue weighted by Crippen LogP contribution is -2.00. The van der Waals surface area contributed by atoms with E-state index in [1.807, 2.05) is 0 Å². The molecule has 3 rings (SSSR count). The molecule has 0 atom stereocenters. The van der Waals surface area contributed by atoms with Crippen molar-refractivity contribution < 1.29 is 0 Å². The van der Waals surface area contributed by atoms with Gasteiger partial charge in [0.25, 0.3) is 0 Å². The van der Waals surface area contributed by atoms with Crippen LogP contribution in [0.15, 0.2) is 24.7 Å². The van der Waals surface area contributed by atoms with E-state index in [2.05, 4.69) is 28.1 Å². The predicted octanol–water partition coefficient (Wildman–Crippen LogP) is 2.02. The van der Waals surface area contributed by atoms with Crippen molar-refractivity contribution in [1.29, 1.82) is 0 Å². The number of hydrogen-bond acceptors (Lipinski definition) is 5. The molecule has 3 aromatic rings. The number of aryl methyl sites for hydroxylation is 1. The van der Waals surface area contributed by atoms with Crippen molar-refractivity contribution in [1.82, 2.24) is 19.7 Å². The van der Waals surface area contributed by atoms with Crippen LogP contribution >= 0.6 is 11.3 Å². The second-order valence-corrected chi connectivity index (χ2v) is 4.78. The molecule has 0 fully saturated rings. The highest BCUT2D eigenvalue weighted by Crippen LogP contribution is 2.27.